The summed E-state index contributed by atoms with van der Waals surface area (Å²) < 4.78 is 9.52. The number of aromatic amines is 2. The molecule has 14 nitrogen and oxygen atoms in total. The lowest BCUT2D eigenvalue weighted by molar-refractivity contribution is -0.136. The average Bonchev–Trinajstić information content (AvgIpc) is 4.00. The van der Waals surface area contributed by atoms with Gasteiger partial charge < -0.3 is 39.9 Å². The molecule has 4 amide bonds. The zero-order chi connectivity index (χ0) is 40.3. The van der Waals surface area contributed by atoms with Crippen molar-refractivity contribution in [1.82, 2.24) is 40.4 Å². The summed E-state index contributed by atoms with van der Waals surface area (Å²) in [6, 6.07) is 8.19. The van der Waals surface area contributed by atoms with Gasteiger partial charge in [-0.1, -0.05) is 39.5 Å². The molecule has 2 aromatic carbocycles. The molecule has 0 bridgehead atoms. The number of fused-ring (bicyclic) bond motifs is 1. The number of methoxy groups -OCH3 is 2. The number of rotatable bonds is 9. The molecule has 0 radical (unpaired) electrons. The minimum atomic E-state index is -0.700. The number of H-pyrrole nitrogens is 2. The number of amides is 4. The standard InChI is InChI=1S/C42H52N8O6/c1-23(2)35(47-41(53)55-7)39(51)49-17-9-11-33(49)37-43-22-32(46-37)28-19-25(5)29(26(6)20-28)15-13-27-14-16-30-31(21-27)45-38(44-30)34-12-10-18-50(34)40(52)36(24(3)4)48-42(54)56-8/h14,16,19-24,33-36H,9-12,17-18H2,1-8H3,(H,43,46)(H,44,45)(H,47,53)(H,48,54)/t33-,34-,35-,36-/m0/s1. The van der Waals surface area contributed by atoms with Crippen LogP contribution in [0.2, 0.25) is 0 Å². The highest BCUT2D eigenvalue weighted by Crippen LogP contribution is 2.35. The van der Waals surface area contributed by atoms with E-state index in [4.69, 9.17) is 19.4 Å². The molecule has 14 heteroatoms. The van der Waals surface area contributed by atoms with Gasteiger partial charge in [-0.25, -0.2) is 19.6 Å². The zero-order valence-corrected chi connectivity index (χ0v) is 33.4. The highest BCUT2D eigenvalue weighted by Gasteiger charge is 2.39. The van der Waals surface area contributed by atoms with Crippen LogP contribution in [0, 0.1) is 37.5 Å². The maximum atomic E-state index is 13.6. The molecule has 0 spiro atoms. The van der Waals surface area contributed by atoms with Crippen molar-refractivity contribution in [1.29, 1.82) is 0 Å². The third-order valence-electron chi connectivity index (χ3n) is 10.8. The molecule has 2 fully saturated rings. The van der Waals surface area contributed by atoms with Crippen molar-refractivity contribution >= 4 is 35.0 Å². The Bertz CT molecular complexity index is 2150. The van der Waals surface area contributed by atoms with Crippen LogP contribution >= 0.6 is 0 Å². The Kier molecular flexibility index (Phi) is 12.0. The number of aromatic nitrogens is 4. The minimum absolute atomic E-state index is 0.113. The summed E-state index contributed by atoms with van der Waals surface area (Å²) in [6.45, 7) is 12.8. The second-order valence-corrected chi connectivity index (χ2v) is 15.4. The molecular formula is C42H52N8O6. The summed E-state index contributed by atoms with van der Waals surface area (Å²) >= 11 is 0. The van der Waals surface area contributed by atoms with Crippen molar-refractivity contribution in [3.63, 3.8) is 0 Å². The van der Waals surface area contributed by atoms with Crippen molar-refractivity contribution in [2.45, 2.75) is 91.4 Å². The fraction of sp³-hybridized carbons (Fsp3) is 0.476. The normalized spacial score (nSPS) is 17.8. The Hall–Kier alpha value is -5.84. The second-order valence-electron chi connectivity index (χ2n) is 15.4. The number of hydrogen-bond acceptors (Lipinski definition) is 8. The van der Waals surface area contributed by atoms with Crippen LogP contribution in [-0.2, 0) is 19.1 Å². The van der Waals surface area contributed by atoms with Gasteiger partial charge in [-0.3, -0.25) is 9.59 Å². The van der Waals surface area contributed by atoms with E-state index in [0.717, 1.165) is 70.2 Å². The van der Waals surface area contributed by atoms with Crippen LogP contribution in [-0.4, -0.2) is 93.1 Å². The number of ether oxygens (including phenoxy) is 2. The van der Waals surface area contributed by atoms with Gasteiger partial charge in [0.2, 0.25) is 11.8 Å². The lowest BCUT2D eigenvalue weighted by Gasteiger charge is -2.30. The summed E-state index contributed by atoms with van der Waals surface area (Å²) in [4.78, 5) is 71.2. The van der Waals surface area contributed by atoms with Gasteiger partial charge in [0, 0.05) is 29.8 Å². The summed E-state index contributed by atoms with van der Waals surface area (Å²) in [6.07, 6.45) is 3.76. The first-order valence-corrected chi connectivity index (χ1v) is 19.3. The molecule has 2 aromatic heterocycles. The lowest BCUT2D eigenvalue weighted by atomic mass is 9.98. The Morgan fingerprint density at radius 1 is 0.786 bits per heavy atom. The summed E-state index contributed by atoms with van der Waals surface area (Å²) in [7, 11) is 2.57. The molecule has 2 aliphatic heterocycles. The number of carbonyl (C=O) groups excluding carboxylic acids is 4. The van der Waals surface area contributed by atoms with Gasteiger partial charge in [0.05, 0.1) is 49.2 Å². The predicted molar refractivity (Wildman–Crippen MR) is 211 cm³/mol. The monoisotopic (exact) mass is 764 g/mol. The number of nitrogens with one attached hydrogen (secondary N) is 4. The maximum absolute atomic E-state index is 13.6. The molecule has 4 atom stereocenters. The van der Waals surface area contributed by atoms with Gasteiger partial charge in [-0.15, -0.1) is 0 Å². The van der Waals surface area contributed by atoms with Gasteiger partial charge in [0.25, 0.3) is 0 Å². The van der Waals surface area contributed by atoms with Gasteiger partial charge in [-0.2, -0.15) is 0 Å². The third-order valence-corrected chi connectivity index (χ3v) is 10.8. The van der Waals surface area contributed by atoms with Gasteiger partial charge >= 0.3 is 12.2 Å². The van der Waals surface area contributed by atoms with E-state index >= 15 is 0 Å². The smallest absolute Gasteiger partial charge is 0.407 e. The van der Waals surface area contributed by atoms with Crippen LogP contribution in [0.15, 0.2) is 36.5 Å². The summed E-state index contributed by atoms with van der Waals surface area (Å²) in [5.74, 6) is 7.62. The first kappa shape index (κ1) is 39.8. The summed E-state index contributed by atoms with van der Waals surface area (Å²) in [5, 5.41) is 5.39. The Morgan fingerprint density at radius 3 is 1.88 bits per heavy atom. The molecule has 0 aliphatic carbocycles. The zero-order valence-electron chi connectivity index (χ0n) is 33.4. The van der Waals surface area contributed by atoms with Crippen molar-refractivity contribution in [2.75, 3.05) is 27.3 Å². The molecule has 56 heavy (non-hydrogen) atoms. The van der Waals surface area contributed by atoms with E-state index in [1.165, 1.54) is 14.2 Å². The Balaban J connectivity index is 1.17. The van der Waals surface area contributed by atoms with Crippen LogP contribution in [0.25, 0.3) is 22.3 Å². The molecule has 0 unspecified atom stereocenters. The Labute approximate surface area is 327 Å². The second kappa shape index (κ2) is 16.9. The molecule has 6 rings (SSSR count). The maximum Gasteiger partial charge on any atom is 0.407 e. The molecule has 2 saturated heterocycles. The van der Waals surface area contributed by atoms with Crippen LogP contribution < -0.4 is 10.6 Å². The predicted octanol–water partition coefficient (Wildman–Crippen LogP) is 6.06. The van der Waals surface area contributed by atoms with Crippen molar-refractivity contribution in [2.24, 2.45) is 11.8 Å². The van der Waals surface area contributed by atoms with E-state index in [9.17, 15) is 19.2 Å². The molecule has 4 N–H and O–H groups in total. The average molecular weight is 765 g/mol. The third kappa shape index (κ3) is 8.36. The van der Waals surface area contributed by atoms with Crippen LogP contribution in [0.4, 0.5) is 9.59 Å². The molecule has 4 heterocycles. The van der Waals surface area contributed by atoms with Crippen molar-refractivity contribution in [3.05, 3.63) is 70.4 Å². The Morgan fingerprint density at radius 2 is 1.34 bits per heavy atom. The van der Waals surface area contributed by atoms with E-state index in [0.29, 0.717) is 24.7 Å². The van der Waals surface area contributed by atoms with E-state index in [1.807, 2.05) is 59.7 Å². The van der Waals surface area contributed by atoms with E-state index in [-0.39, 0.29) is 35.7 Å². The topological polar surface area (TPSA) is 175 Å². The fourth-order valence-electron chi connectivity index (χ4n) is 7.75. The molecule has 2 aliphatic rings. The van der Waals surface area contributed by atoms with E-state index < -0.39 is 24.3 Å². The SMILES string of the molecule is COC(=O)N[C@H](C(=O)N1CCC[C@H]1c1ncc(-c2cc(C)c(C#Cc3ccc4nc([C@@H]5CCCN5C(=O)[C@@H](NC(=O)OC)C(C)C)[nH]c4c3)c(C)c2)[nH]1)C(C)C. The van der Waals surface area contributed by atoms with Gasteiger partial charge in [0.15, 0.2) is 0 Å². The number of aryl methyl sites for hydroxylation is 2. The van der Waals surface area contributed by atoms with Crippen molar-refractivity contribution < 1.29 is 28.7 Å². The lowest BCUT2D eigenvalue weighted by Crippen LogP contribution is -2.51. The van der Waals surface area contributed by atoms with E-state index in [2.05, 4.69) is 44.6 Å². The summed E-state index contributed by atoms with van der Waals surface area (Å²) in [5.41, 5.74) is 7.24. The van der Waals surface area contributed by atoms with E-state index in [1.54, 1.807) is 16.0 Å². The van der Waals surface area contributed by atoms with Gasteiger partial charge in [-0.05, 0) is 92.8 Å². The number of nitrogens with zero attached hydrogens (tertiary/aromatic N) is 4. The largest absolute Gasteiger partial charge is 0.453 e. The molecule has 0 saturated carbocycles. The number of carbonyl (C=O) groups is 4. The van der Waals surface area contributed by atoms with Gasteiger partial charge in [0.1, 0.15) is 23.7 Å². The number of hydrogen-bond donors (Lipinski definition) is 4. The molecule has 296 valence electrons. The van der Waals surface area contributed by atoms with Crippen molar-refractivity contribution in [3.8, 4) is 23.1 Å². The number of imidazole rings is 2. The number of benzene rings is 2. The highest BCUT2D eigenvalue weighted by atomic mass is 16.5. The van der Waals surface area contributed by atoms with Crippen LogP contribution in [0.1, 0.15) is 99.4 Å². The highest BCUT2D eigenvalue weighted by molar-refractivity contribution is 5.87. The fourth-order valence-corrected chi connectivity index (χ4v) is 7.75. The first-order chi connectivity index (χ1) is 26.8. The molecule has 4 aromatic rings. The molecular weight excluding hydrogens is 713 g/mol. The quantitative estimate of drug-likeness (QED) is 0.149. The first-order valence-electron chi connectivity index (χ1n) is 19.3. The van der Waals surface area contributed by atoms with Crippen LogP contribution in [0.5, 0.6) is 0 Å². The minimum Gasteiger partial charge on any atom is -0.453 e. The van der Waals surface area contributed by atoms with Crippen LogP contribution in [0.3, 0.4) is 0 Å². The number of alkyl carbamates (subject to hydrolysis) is 2. The number of likely N-dealkylation sites (tertiary alicyclic amines) is 2.